The molecule has 2 rings (SSSR count). The Morgan fingerprint density at radius 3 is 2.32 bits per heavy atom. The van der Waals surface area contributed by atoms with Crippen LogP contribution in [0.15, 0.2) is 59.7 Å². The molecule has 22 heavy (non-hydrogen) atoms. The Labute approximate surface area is 137 Å². The number of aryl methyl sites for hydroxylation is 1. The van der Waals surface area contributed by atoms with E-state index in [9.17, 15) is 0 Å². The summed E-state index contributed by atoms with van der Waals surface area (Å²) < 4.78 is 0. The van der Waals surface area contributed by atoms with Crippen molar-refractivity contribution in [3.63, 3.8) is 0 Å². The number of hydrogen-bond donors (Lipinski definition) is 2. The lowest BCUT2D eigenvalue weighted by Crippen LogP contribution is -2.32. The third kappa shape index (κ3) is 4.97. The number of thiocarbonyl (C=S) groups is 1. The predicted molar refractivity (Wildman–Crippen MR) is 97.0 cm³/mol. The van der Waals surface area contributed by atoms with E-state index in [4.69, 9.17) is 12.2 Å². The molecule has 0 saturated carbocycles. The van der Waals surface area contributed by atoms with Crippen molar-refractivity contribution in [1.29, 1.82) is 0 Å². The van der Waals surface area contributed by atoms with Crippen molar-refractivity contribution in [1.82, 2.24) is 10.7 Å². The first-order valence-corrected chi connectivity index (χ1v) is 7.81. The van der Waals surface area contributed by atoms with E-state index in [0.717, 1.165) is 17.7 Å². The van der Waals surface area contributed by atoms with Gasteiger partial charge in [-0.1, -0.05) is 61.5 Å². The third-order valence-corrected chi connectivity index (χ3v) is 3.64. The predicted octanol–water partition coefficient (Wildman–Crippen LogP) is 3.64. The number of hydrogen-bond acceptors (Lipinski definition) is 2. The summed E-state index contributed by atoms with van der Waals surface area (Å²) in [6, 6.07) is 18.5. The lowest BCUT2D eigenvalue weighted by molar-refractivity contribution is 0.866. The minimum absolute atomic E-state index is 0.522. The maximum Gasteiger partial charge on any atom is 0.187 e. The van der Waals surface area contributed by atoms with E-state index in [1.807, 2.05) is 25.1 Å². The summed E-state index contributed by atoms with van der Waals surface area (Å²) in [6.45, 7) is 4.80. The van der Waals surface area contributed by atoms with Crippen LogP contribution in [0.5, 0.6) is 0 Å². The summed E-state index contributed by atoms with van der Waals surface area (Å²) >= 11 is 5.23. The molecule has 4 heteroatoms. The number of hydrazone groups is 1. The van der Waals surface area contributed by atoms with Crippen molar-refractivity contribution < 1.29 is 0 Å². The fourth-order valence-electron chi connectivity index (χ4n) is 2.00. The first-order chi connectivity index (χ1) is 10.7. The average Bonchev–Trinajstić information content (AvgIpc) is 2.58. The molecule has 2 aromatic carbocycles. The van der Waals surface area contributed by atoms with E-state index in [-0.39, 0.29) is 0 Å². The summed E-state index contributed by atoms with van der Waals surface area (Å²) in [7, 11) is 0. The highest BCUT2D eigenvalue weighted by molar-refractivity contribution is 7.80. The summed E-state index contributed by atoms with van der Waals surface area (Å²) in [5.74, 6) is 0. The second kappa shape index (κ2) is 8.29. The standard InChI is InChI=1S/C18H21N3S/c1-3-15-9-11-17(12-10-15)14(2)20-21-18(22)19-13-16-7-5-4-6-8-16/h4-12H,3,13H2,1-2H3,(H2,19,21,22)/b20-14-. The molecule has 114 valence electrons. The molecule has 0 amide bonds. The minimum atomic E-state index is 0.522. The Morgan fingerprint density at radius 2 is 1.68 bits per heavy atom. The lowest BCUT2D eigenvalue weighted by atomic mass is 10.1. The zero-order valence-electron chi connectivity index (χ0n) is 13.0. The van der Waals surface area contributed by atoms with E-state index in [1.165, 1.54) is 11.1 Å². The number of benzene rings is 2. The molecule has 2 aromatic rings. The highest BCUT2D eigenvalue weighted by atomic mass is 32.1. The molecule has 0 spiro atoms. The molecule has 0 aliphatic rings. The minimum Gasteiger partial charge on any atom is -0.357 e. The van der Waals surface area contributed by atoms with Crippen LogP contribution >= 0.6 is 12.2 Å². The third-order valence-electron chi connectivity index (χ3n) is 3.40. The Morgan fingerprint density at radius 1 is 1.00 bits per heavy atom. The fraction of sp³-hybridized carbons (Fsp3) is 0.222. The van der Waals surface area contributed by atoms with Gasteiger partial charge in [0, 0.05) is 6.54 Å². The van der Waals surface area contributed by atoms with Crippen molar-refractivity contribution in [2.45, 2.75) is 26.8 Å². The van der Waals surface area contributed by atoms with Crippen LogP contribution in [-0.4, -0.2) is 10.8 Å². The van der Waals surface area contributed by atoms with Crippen LogP contribution in [0.3, 0.4) is 0 Å². The van der Waals surface area contributed by atoms with Crippen LogP contribution in [0, 0.1) is 0 Å². The van der Waals surface area contributed by atoms with Crippen molar-refractivity contribution in [2.75, 3.05) is 0 Å². The van der Waals surface area contributed by atoms with Gasteiger partial charge in [-0.25, -0.2) is 0 Å². The van der Waals surface area contributed by atoms with Crippen LogP contribution < -0.4 is 10.7 Å². The van der Waals surface area contributed by atoms with Gasteiger partial charge in [0.15, 0.2) is 5.11 Å². The molecule has 0 bridgehead atoms. The summed E-state index contributed by atoms with van der Waals surface area (Å²) in [5, 5.41) is 7.98. The molecule has 0 heterocycles. The lowest BCUT2D eigenvalue weighted by Gasteiger charge is -2.08. The van der Waals surface area contributed by atoms with Crippen LogP contribution in [-0.2, 0) is 13.0 Å². The van der Waals surface area contributed by atoms with Gasteiger partial charge in [0.25, 0.3) is 0 Å². The molecule has 0 fully saturated rings. The molecule has 3 nitrogen and oxygen atoms in total. The largest absolute Gasteiger partial charge is 0.357 e. The van der Waals surface area contributed by atoms with Gasteiger partial charge in [0.05, 0.1) is 5.71 Å². The van der Waals surface area contributed by atoms with Gasteiger partial charge in [-0.2, -0.15) is 5.10 Å². The fourth-order valence-corrected chi connectivity index (χ4v) is 2.12. The van der Waals surface area contributed by atoms with Crippen molar-refractivity contribution >= 4 is 23.0 Å². The molecule has 0 aromatic heterocycles. The topological polar surface area (TPSA) is 36.4 Å². The quantitative estimate of drug-likeness (QED) is 0.503. The van der Waals surface area contributed by atoms with Gasteiger partial charge in [0.1, 0.15) is 0 Å². The molecule has 0 aliphatic carbocycles. The Kier molecular flexibility index (Phi) is 6.10. The molecule has 0 aliphatic heterocycles. The summed E-state index contributed by atoms with van der Waals surface area (Å²) in [5.41, 5.74) is 7.40. The van der Waals surface area contributed by atoms with Gasteiger partial charge in [-0.3, -0.25) is 5.43 Å². The molecule has 0 atom stereocenters. The highest BCUT2D eigenvalue weighted by Crippen LogP contribution is 2.06. The zero-order valence-corrected chi connectivity index (χ0v) is 13.8. The SMILES string of the molecule is CCc1ccc(/C(C)=N\NC(=S)NCc2ccccc2)cc1. The number of nitrogens with one attached hydrogen (secondary N) is 2. The Bertz CT molecular complexity index is 633. The first-order valence-electron chi connectivity index (χ1n) is 7.40. The van der Waals surface area contributed by atoms with Crippen LogP contribution in [0.25, 0.3) is 0 Å². The van der Waals surface area contributed by atoms with E-state index in [1.54, 1.807) is 0 Å². The van der Waals surface area contributed by atoms with Crippen LogP contribution in [0.4, 0.5) is 0 Å². The maximum atomic E-state index is 5.23. The number of nitrogens with zero attached hydrogens (tertiary/aromatic N) is 1. The van der Waals surface area contributed by atoms with Crippen molar-refractivity contribution in [2.24, 2.45) is 5.10 Å². The van der Waals surface area contributed by atoms with Gasteiger partial charge in [-0.05, 0) is 42.3 Å². The summed E-state index contributed by atoms with van der Waals surface area (Å²) in [4.78, 5) is 0. The van der Waals surface area contributed by atoms with E-state index >= 15 is 0 Å². The van der Waals surface area contributed by atoms with Gasteiger partial charge in [-0.15, -0.1) is 0 Å². The first kappa shape index (κ1) is 16.2. The maximum absolute atomic E-state index is 5.23. The van der Waals surface area contributed by atoms with E-state index in [2.05, 4.69) is 59.2 Å². The smallest absolute Gasteiger partial charge is 0.187 e. The summed E-state index contributed by atoms with van der Waals surface area (Å²) in [6.07, 6.45) is 1.04. The van der Waals surface area contributed by atoms with Crippen molar-refractivity contribution in [3.05, 3.63) is 71.3 Å². The monoisotopic (exact) mass is 311 g/mol. The van der Waals surface area contributed by atoms with Gasteiger partial charge >= 0.3 is 0 Å². The number of rotatable bonds is 5. The Hall–Kier alpha value is -2.20. The van der Waals surface area contributed by atoms with Gasteiger partial charge in [0.2, 0.25) is 0 Å². The second-order valence-corrected chi connectivity index (χ2v) is 5.44. The van der Waals surface area contributed by atoms with Crippen molar-refractivity contribution in [3.8, 4) is 0 Å². The van der Waals surface area contributed by atoms with E-state index < -0.39 is 0 Å². The molecule has 0 unspecified atom stereocenters. The zero-order chi connectivity index (χ0) is 15.8. The van der Waals surface area contributed by atoms with Gasteiger partial charge < -0.3 is 5.32 Å². The molecular weight excluding hydrogens is 290 g/mol. The van der Waals surface area contributed by atoms with Crippen LogP contribution in [0.2, 0.25) is 0 Å². The van der Waals surface area contributed by atoms with E-state index in [0.29, 0.717) is 11.7 Å². The molecule has 2 N–H and O–H groups in total. The average molecular weight is 311 g/mol. The molecule has 0 radical (unpaired) electrons. The molecule has 0 saturated heterocycles. The highest BCUT2D eigenvalue weighted by Gasteiger charge is 1.99. The Balaban J connectivity index is 1.85. The second-order valence-electron chi connectivity index (χ2n) is 5.03. The van der Waals surface area contributed by atoms with Crippen LogP contribution in [0.1, 0.15) is 30.5 Å². The normalized spacial score (nSPS) is 11.1. The molecular formula is C18H21N3S.